The number of hydrogen-bond acceptors (Lipinski definition) is 8. The predicted molar refractivity (Wildman–Crippen MR) is 115 cm³/mol. The second-order valence-corrected chi connectivity index (χ2v) is 10.2. The zero-order valence-corrected chi connectivity index (χ0v) is 18.0. The molecule has 2 aliphatic heterocycles. The first-order chi connectivity index (χ1) is 15.7. The van der Waals surface area contributed by atoms with Gasteiger partial charge in [0.05, 0.1) is 6.61 Å². The Morgan fingerprint density at radius 1 is 0.906 bits per heavy atom. The van der Waals surface area contributed by atoms with Crippen molar-refractivity contribution in [2.45, 2.75) is 68.8 Å². The molecule has 3 aromatic rings. The molecule has 0 unspecified atom stereocenters. The van der Waals surface area contributed by atoms with Gasteiger partial charge in [-0.2, -0.15) is 9.97 Å². The van der Waals surface area contributed by atoms with Crippen molar-refractivity contribution < 1.29 is 13.8 Å². The lowest BCUT2D eigenvalue weighted by atomic mass is 9.66. The summed E-state index contributed by atoms with van der Waals surface area (Å²) in [5, 5.41) is 12.0. The number of fused-ring (bicyclic) bond motifs is 3. The van der Waals surface area contributed by atoms with E-state index < -0.39 is 0 Å². The topological polar surface area (TPSA) is 99.1 Å². The van der Waals surface area contributed by atoms with E-state index in [1.54, 1.807) is 0 Å². The van der Waals surface area contributed by atoms with Gasteiger partial charge in [0.15, 0.2) is 11.6 Å². The fourth-order valence-electron chi connectivity index (χ4n) is 5.11. The first kappa shape index (κ1) is 18.8. The molecule has 2 bridgehead atoms. The molecular weight excluding hydrogens is 406 g/mol. The standard InChI is InChI=1S/C24H27N5O3/c1-2-17(21-26-19(28-31-21)15-4-5-15)12-18(3-1)25-13-23-8-10-24(11-9-23,30-14-23)22-27-20(29-32-22)16-6-7-16/h1-3,12,15-16,25H,4-11,13-14H2. The lowest BCUT2D eigenvalue weighted by molar-refractivity contribution is -0.196. The Morgan fingerprint density at radius 2 is 1.66 bits per heavy atom. The molecule has 1 N–H and O–H groups in total. The van der Waals surface area contributed by atoms with E-state index in [1.165, 1.54) is 25.7 Å². The minimum Gasteiger partial charge on any atom is -0.384 e. The van der Waals surface area contributed by atoms with Crippen LogP contribution >= 0.6 is 0 Å². The van der Waals surface area contributed by atoms with Crippen molar-refractivity contribution in [3.63, 3.8) is 0 Å². The molecule has 8 rings (SSSR count). The van der Waals surface area contributed by atoms with E-state index >= 15 is 0 Å². The molecule has 8 nitrogen and oxygen atoms in total. The van der Waals surface area contributed by atoms with Crippen LogP contribution in [0.1, 0.15) is 80.7 Å². The quantitative estimate of drug-likeness (QED) is 0.569. The van der Waals surface area contributed by atoms with Crippen molar-refractivity contribution >= 4 is 5.69 Å². The molecule has 3 saturated carbocycles. The molecule has 166 valence electrons. The van der Waals surface area contributed by atoms with E-state index in [-0.39, 0.29) is 11.0 Å². The molecular formula is C24H27N5O3. The average molecular weight is 434 g/mol. The minimum absolute atomic E-state index is 0.140. The van der Waals surface area contributed by atoms with Gasteiger partial charge >= 0.3 is 0 Å². The fraction of sp³-hybridized carbons (Fsp3) is 0.583. The van der Waals surface area contributed by atoms with Gasteiger partial charge in [0.25, 0.3) is 11.8 Å². The summed E-state index contributed by atoms with van der Waals surface area (Å²) in [6, 6.07) is 8.24. The van der Waals surface area contributed by atoms with Crippen LogP contribution in [0.15, 0.2) is 33.3 Å². The van der Waals surface area contributed by atoms with E-state index in [0.717, 1.165) is 61.7 Å². The van der Waals surface area contributed by atoms with Gasteiger partial charge in [0.2, 0.25) is 0 Å². The summed E-state index contributed by atoms with van der Waals surface area (Å²) in [6.07, 6.45) is 8.75. The van der Waals surface area contributed by atoms with Crippen LogP contribution in [0.25, 0.3) is 11.5 Å². The minimum atomic E-state index is -0.376. The summed E-state index contributed by atoms with van der Waals surface area (Å²) < 4.78 is 17.5. The molecule has 0 atom stereocenters. The van der Waals surface area contributed by atoms with Crippen LogP contribution in [0.4, 0.5) is 5.69 Å². The van der Waals surface area contributed by atoms with E-state index in [2.05, 4.69) is 32.7 Å². The van der Waals surface area contributed by atoms with Crippen LogP contribution in [-0.4, -0.2) is 33.4 Å². The Balaban J connectivity index is 1.02. The van der Waals surface area contributed by atoms with Crippen LogP contribution < -0.4 is 5.32 Å². The highest BCUT2D eigenvalue weighted by Gasteiger charge is 2.53. The van der Waals surface area contributed by atoms with Crippen LogP contribution in [0, 0.1) is 5.41 Å². The molecule has 0 amide bonds. The fourth-order valence-corrected chi connectivity index (χ4v) is 5.11. The van der Waals surface area contributed by atoms with Crippen molar-refractivity contribution in [1.29, 1.82) is 0 Å². The number of ether oxygens (including phenoxy) is 1. The Morgan fingerprint density at radius 3 is 2.38 bits per heavy atom. The Kier molecular flexibility index (Phi) is 4.04. The third-order valence-corrected chi connectivity index (χ3v) is 7.71. The molecule has 0 spiro atoms. The predicted octanol–water partition coefficient (Wildman–Crippen LogP) is 4.77. The highest BCUT2D eigenvalue weighted by molar-refractivity contribution is 5.61. The van der Waals surface area contributed by atoms with Gasteiger partial charge in [-0.25, -0.2) is 0 Å². The van der Waals surface area contributed by atoms with Crippen molar-refractivity contribution in [3.05, 3.63) is 41.8 Å². The molecule has 8 heteroatoms. The zero-order chi connectivity index (χ0) is 21.2. The maximum atomic E-state index is 6.41. The summed E-state index contributed by atoms with van der Waals surface area (Å²) in [5.74, 6) is 3.99. The van der Waals surface area contributed by atoms with Gasteiger partial charge in [-0.3, -0.25) is 0 Å². The Labute approximate surface area is 186 Å². The van der Waals surface area contributed by atoms with Gasteiger partial charge in [0, 0.05) is 35.0 Å². The van der Waals surface area contributed by atoms with Crippen molar-refractivity contribution in [2.75, 3.05) is 18.5 Å². The molecule has 3 aliphatic carbocycles. The highest BCUT2D eigenvalue weighted by Crippen LogP contribution is 2.53. The average Bonchev–Trinajstić information content (AvgIpc) is 3.78. The molecule has 5 aliphatic rings. The van der Waals surface area contributed by atoms with Crippen LogP contribution in [0.2, 0.25) is 0 Å². The molecule has 2 aromatic heterocycles. The summed E-state index contributed by atoms with van der Waals surface area (Å²) in [5.41, 5.74) is 1.79. The Bertz CT molecular complexity index is 1120. The molecule has 4 heterocycles. The van der Waals surface area contributed by atoms with E-state index in [1.807, 2.05) is 12.1 Å². The molecule has 2 saturated heterocycles. The largest absolute Gasteiger partial charge is 0.384 e. The number of aromatic nitrogens is 4. The Hall–Kier alpha value is -2.74. The third-order valence-electron chi connectivity index (χ3n) is 7.71. The molecule has 1 aromatic carbocycles. The summed E-state index contributed by atoms with van der Waals surface area (Å²) in [7, 11) is 0. The van der Waals surface area contributed by atoms with Gasteiger partial charge in [-0.1, -0.05) is 16.4 Å². The van der Waals surface area contributed by atoms with Gasteiger partial charge < -0.3 is 19.1 Å². The van der Waals surface area contributed by atoms with Crippen LogP contribution in [-0.2, 0) is 10.3 Å². The highest BCUT2D eigenvalue weighted by atomic mass is 16.5. The number of nitrogens with one attached hydrogen (secondary N) is 1. The van der Waals surface area contributed by atoms with Gasteiger partial charge in [-0.15, -0.1) is 0 Å². The third kappa shape index (κ3) is 3.23. The smallest absolute Gasteiger partial charge is 0.258 e. The van der Waals surface area contributed by atoms with Crippen molar-refractivity contribution in [3.8, 4) is 11.5 Å². The van der Waals surface area contributed by atoms with Crippen molar-refractivity contribution in [2.24, 2.45) is 5.41 Å². The lowest BCUT2D eigenvalue weighted by Gasteiger charge is -2.51. The number of rotatable bonds is 7. The molecule has 32 heavy (non-hydrogen) atoms. The van der Waals surface area contributed by atoms with E-state index in [0.29, 0.717) is 23.6 Å². The number of anilines is 1. The zero-order valence-electron chi connectivity index (χ0n) is 18.0. The van der Waals surface area contributed by atoms with E-state index in [4.69, 9.17) is 18.8 Å². The summed E-state index contributed by atoms with van der Waals surface area (Å²) >= 11 is 0. The number of hydrogen-bond donors (Lipinski definition) is 1. The SMILES string of the molecule is c1cc(NCC23CCC(c4nc(C5CC5)no4)(CC2)OC3)cc(-c2nc(C3CC3)no2)c1. The monoisotopic (exact) mass is 433 g/mol. The number of benzene rings is 1. The first-order valence-corrected chi connectivity index (χ1v) is 11.9. The van der Waals surface area contributed by atoms with Crippen molar-refractivity contribution in [1.82, 2.24) is 20.3 Å². The van der Waals surface area contributed by atoms with Crippen LogP contribution in [0.5, 0.6) is 0 Å². The lowest BCUT2D eigenvalue weighted by Crippen LogP contribution is -2.52. The normalized spacial score (nSPS) is 29.4. The maximum absolute atomic E-state index is 6.41. The van der Waals surface area contributed by atoms with Gasteiger partial charge in [0.1, 0.15) is 5.60 Å². The second kappa shape index (κ2) is 6.88. The van der Waals surface area contributed by atoms with E-state index in [9.17, 15) is 0 Å². The van der Waals surface area contributed by atoms with Crippen LogP contribution in [0.3, 0.4) is 0 Å². The maximum Gasteiger partial charge on any atom is 0.258 e. The summed E-state index contributed by atoms with van der Waals surface area (Å²) in [4.78, 5) is 9.27. The molecule has 5 fully saturated rings. The second-order valence-electron chi connectivity index (χ2n) is 10.2. The first-order valence-electron chi connectivity index (χ1n) is 11.9. The number of nitrogens with zero attached hydrogens (tertiary/aromatic N) is 4. The van der Waals surface area contributed by atoms with Gasteiger partial charge in [-0.05, 0) is 69.6 Å². The molecule has 0 radical (unpaired) electrons. The summed E-state index contributed by atoms with van der Waals surface area (Å²) in [6.45, 7) is 1.59.